The number of carbonyl (C=O) groups is 1. The highest BCUT2D eigenvalue weighted by molar-refractivity contribution is 6.08. The standard InChI is InChI=1S/C18H19NO3/c1-21-14-9-10-16-13(12-14)6-5-11-19(16)18(20)15-7-3-4-8-17(15)22-2/h3-4,7-10,12H,5-6,11H2,1-2H3. The maximum Gasteiger partial charge on any atom is 0.262 e. The van der Waals surface area contributed by atoms with E-state index in [1.54, 1.807) is 20.3 Å². The number of benzene rings is 2. The van der Waals surface area contributed by atoms with Crippen LogP contribution in [0.5, 0.6) is 11.5 Å². The Labute approximate surface area is 130 Å². The minimum absolute atomic E-state index is 0.0245. The van der Waals surface area contributed by atoms with Crippen LogP contribution >= 0.6 is 0 Å². The first-order valence-electron chi connectivity index (χ1n) is 7.36. The Balaban J connectivity index is 1.98. The fraction of sp³-hybridized carbons (Fsp3) is 0.278. The lowest BCUT2D eigenvalue weighted by Crippen LogP contribution is -2.35. The predicted molar refractivity (Wildman–Crippen MR) is 86.0 cm³/mol. The van der Waals surface area contributed by atoms with Crippen LogP contribution in [-0.2, 0) is 6.42 Å². The molecule has 4 nitrogen and oxygen atoms in total. The highest BCUT2D eigenvalue weighted by Crippen LogP contribution is 2.32. The second-order valence-corrected chi connectivity index (χ2v) is 5.26. The van der Waals surface area contributed by atoms with Crippen molar-refractivity contribution in [1.82, 2.24) is 0 Å². The van der Waals surface area contributed by atoms with Crippen LogP contribution in [0.1, 0.15) is 22.3 Å². The molecule has 0 saturated heterocycles. The third-order valence-corrected chi connectivity index (χ3v) is 3.99. The average molecular weight is 297 g/mol. The minimum Gasteiger partial charge on any atom is -0.497 e. The Bertz CT molecular complexity index is 696. The lowest BCUT2D eigenvalue weighted by atomic mass is 10.00. The first kappa shape index (κ1) is 14.4. The zero-order chi connectivity index (χ0) is 15.5. The van der Waals surface area contributed by atoms with E-state index < -0.39 is 0 Å². The summed E-state index contributed by atoms with van der Waals surface area (Å²) in [4.78, 5) is 14.7. The topological polar surface area (TPSA) is 38.8 Å². The summed E-state index contributed by atoms with van der Waals surface area (Å²) in [5.41, 5.74) is 2.70. The number of hydrogen-bond acceptors (Lipinski definition) is 3. The number of aryl methyl sites for hydroxylation is 1. The van der Waals surface area contributed by atoms with Crippen LogP contribution in [0.15, 0.2) is 42.5 Å². The number of ether oxygens (including phenoxy) is 2. The second-order valence-electron chi connectivity index (χ2n) is 5.26. The van der Waals surface area contributed by atoms with E-state index in [-0.39, 0.29) is 5.91 Å². The van der Waals surface area contributed by atoms with Gasteiger partial charge >= 0.3 is 0 Å². The molecule has 0 aliphatic carbocycles. The van der Waals surface area contributed by atoms with Gasteiger partial charge in [0.05, 0.1) is 19.8 Å². The first-order valence-corrected chi connectivity index (χ1v) is 7.36. The lowest BCUT2D eigenvalue weighted by molar-refractivity contribution is 0.0982. The van der Waals surface area contributed by atoms with Crippen molar-refractivity contribution in [3.63, 3.8) is 0 Å². The third-order valence-electron chi connectivity index (χ3n) is 3.99. The molecule has 1 heterocycles. The van der Waals surface area contributed by atoms with Crippen molar-refractivity contribution in [3.05, 3.63) is 53.6 Å². The Hall–Kier alpha value is -2.49. The van der Waals surface area contributed by atoms with Gasteiger partial charge in [-0.15, -0.1) is 0 Å². The number of carbonyl (C=O) groups excluding carboxylic acids is 1. The summed E-state index contributed by atoms with van der Waals surface area (Å²) < 4.78 is 10.6. The van der Waals surface area contributed by atoms with Crippen molar-refractivity contribution in [3.8, 4) is 11.5 Å². The fourth-order valence-electron chi connectivity index (χ4n) is 2.88. The van der Waals surface area contributed by atoms with Gasteiger partial charge in [0.25, 0.3) is 5.91 Å². The molecule has 0 N–H and O–H groups in total. The van der Waals surface area contributed by atoms with Gasteiger partial charge in [-0.2, -0.15) is 0 Å². The Morgan fingerprint density at radius 3 is 2.68 bits per heavy atom. The molecule has 0 atom stereocenters. The summed E-state index contributed by atoms with van der Waals surface area (Å²) in [5, 5.41) is 0. The highest BCUT2D eigenvalue weighted by atomic mass is 16.5. The van der Waals surface area contributed by atoms with E-state index >= 15 is 0 Å². The molecule has 2 aromatic carbocycles. The molecule has 22 heavy (non-hydrogen) atoms. The van der Waals surface area contributed by atoms with Crippen molar-refractivity contribution < 1.29 is 14.3 Å². The van der Waals surface area contributed by atoms with E-state index in [9.17, 15) is 4.79 Å². The van der Waals surface area contributed by atoms with Crippen LogP contribution in [0.3, 0.4) is 0 Å². The minimum atomic E-state index is -0.0245. The van der Waals surface area contributed by atoms with Crippen LogP contribution < -0.4 is 14.4 Å². The van der Waals surface area contributed by atoms with Gasteiger partial charge in [-0.25, -0.2) is 0 Å². The average Bonchev–Trinajstić information content (AvgIpc) is 2.60. The van der Waals surface area contributed by atoms with Crippen molar-refractivity contribution in [1.29, 1.82) is 0 Å². The molecule has 4 heteroatoms. The van der Waals surface area contributed by atoms with Crippen molar-refractivity contribution in [2.45, 2.75) is 12.8 Å². The molecule has 0 bridgehead atoms. The van der Waals surface area contributed by atoms with E-state index in [2.05, 4.69) is 0 Å². The number of para-hydroxylation sites is 1. The molecule has 0 aromatic heterocycles. The normalized spacial score (nSPS) is 13.5. The van der Waals surface area contributed by atoms with Gasteiger partial charge in [-0.05, 0) is 48.7 Å². The van der Waals surface area contributed by atoms with Gasteiger partial charge < -0.3 is 14.4 Å². The first-order chi connectivity index (χ1) is 10.7. The van der Waals surface area contributed by atoms with Crippen LogP contribution in [-0.4, -0.2) is 26.7 Å². The van der Waals surface area contributed by atoms with Crippen molar-refractivity contribution >= 4 is 11.6 Å². The molecule has 1 aliphatic rings. The van der Waals surface area contributed by atoms with Gasteiger partial charge in [-0.1, -0.05) is 12.1 Å². The molecule has 1 aliphatic heterocycles. The Morgan fingerprint density at radius 1 is 1.09 bits per heavy atom. The van der Waals surface area contributed by atoms with Gasteiger partial charge in [-0.3, -0.25) is 4.79 Å². The highest BCUT2D eigenvalue weighted by Gasteiger charge is 2.25. The van der Waals surface area contributed by atoms with Crippen LogP contribution in [0.4, 0.5) is 5.69 Å². The van der Waals surface area contributed by atoms with Gasteiger partial charge in [0.2, 0.25) is 0 Å². The summed E-state index contributed by atoms with van der Waals surface area (Å²) in [6.45, 7) is 0.718. The molecule has 2 aromatic rings. The van der Waals surface area contributed by atoms with Gasteiger partial charge in [0.15, 0.2) is 0 Å². The molecule has 0 radical (unpaired) electrons. The SMILES string of the molecule is COc1ccc2c(c1)CCCN2C(=O)c1ccccc1OC. The Kier molecular flexibility index (Phi) is 4.00. The van der Waals surface area contributed by atoms with E-state index in [0.29, 0.717) is 11.3 Å². The molecular formula is C18H19NO3. The molecular weight excluding hydrogens is 278 g/mol. The smallest absolute Gasteiger partial charge is 0.262 e. The number of anilines is 1. The molecule has 0 fully saturated rings. The zero-order valence-corrected chi connectivity index (χ0v) is 12.8. The largest absolute Gasteiger partial charge is 0.497 e. The lowest BCUT2D eigenvalue weighted by Gasteiger charge is -2.30. The van der Waals surface area contributed by atoms with Crippen molar-refractivity contribution in [2.24, 2.45) is 0 Å². The van der Waals surface area contributed by atoms with Gasteiger partial charge in [0, 0.05) is 12.2 Å². The molecule has 0 spiro atoms. The van der Waals surface area contributed by atoms with Crippen molar-refractivity contribution in [2.75, 3.05) is 25.7 Å². The second kappa shape index (κ2) is 6.10. The third kappa shape index (κ3) is 2.52. The molecule has 3 rings (SSSR count). The summed E-state index contributed by atoms with van der Waals surface area (Å²) >= 11 is 0. The Morgan fingerprint density at radius 2 is 1.91 bits per heavy atom. The molecule has 0 saturated carbocycles. The monoisotopic (exact) mass is 297 g/mol. The summed E-state index contributed by atoms with van der Waals surface area (Å²) in [6.07, 6.45) is 1.91. The summed E-state index contributed by atoms with van der Waals surface area (Å²) in [5.74, 6) is 1.40. The number of amides is 1. The van der Waals surface area contributed by atoms with E-state index in [1.165, 1.54) is 0 Å². The van der Waals surface area contributed by atoms with Gasteiger partial charge in [0.1, 0.15) is 11.5 Å². The number of rotatable bonds is 3. The van der Waals surface area contributed by atoms with E-state index in [4.69, 9.17) is 9.47 Å². The fourth-order valence-corrected chi connectivity index (χ4v) is 2.88. The van der Waals surface area contributed by atoms with Crippen LogP contribution in [0.25, 0.3) is 0 Å². The van der Waals surface area contributed by atoms with E-state index in [0.717, 1.165) is 36.4 Å². The number of hydrogen-bond donors (Lipinski definition) is 0. The van der Waals surface area contributed by atoms with Crippen LogP contribution in [0.2, 0.25) is 0 Å². The summed E-state index contributed by atoms with van der Waals surface area (Å²) in [6, 6.07) is 13.2. The number of nitrogens with zero attached hydrogens (tertiary/aromatic N) is 1. The predicted octanol–water partition coefficient (Wildman–Crippen LogP) is 3.30. The quantitative estimate of drug-likeness (QED) is 0.872. The number of fused-ring (bicyclic) bond motifs is 1. The van der Waals surface area contributed by atoms with E-state index in [1.807, 2.05) is 41.3 Å². The van der Waals surface area contributed by atoms with Crippen LogP contribution in [0, 0.1) is 0 Å². The summed E-state index contributed by atoms with van der Waals surface area (Å²) in [7, 11) is 3.24. The molecule has 1 amide bonds. The maximum absolute atomic E-state index is 12.9. The maximum atomic E-state index is 12.9. The molecule has 0 unspecified atom stereocenters. The molecule has 114 valence electrons. The zero-order valence-electron chi connectivity index (χ0n) is 12.8. The number of methoxy groups -OCH3 is 2.